The Kier molecular flexibility index (Phi) is 2.96. The van der Waals surface area contributed by atoms with Crippen LogP contribution in [0.5, 0.6) is 0 Å². The molecule has 1 aliphatic carbocycles. The van der Waals surface area contributed by atoms with E-state index in [1.54, 1.807) is 0 Å². The Bertz CT molecular complexity index is 98.9. The van der Waals surface area contributed by atoms with E-state index in [1.165, 1.54) is 35.9 Å². The molecule has 0 saturated heterocycles. The minimum Gasteiger partial charge on any atom is -0.0625 e. The zero-order valence-corrected chi connectivity index (χ0v) is 9.56. The molecule has 60 valence electrons. The average Bonchev–Trinajstić information content (AvgIpc) is 1.88. The lowest BCUT2D eigenvalue weighted by molar-refractivity contribution is 0.280. The summed E-state index contributed by atoms with van der Waals surface area (Å²) in [5.74, 6) is 2.03. The van der Waals surface area contributed by atoms with Crippen LogP contribution in [-0.4, -0.2) is 10.2 Å². The summed E-state index contributed by atoms with van der Waals surface area (Å²) in [6, 6.07) is 0. The van der Waals surface area contributed by atoms with Crippen molar-refractivity contribution in [2.24, 2.45) is 11.8 Å². The second kappa shape index (κ2) is 3.56. The third-order valence-corrected chi connectivity index (χ3v) is 4.47. The minimum atomic E-state index is 0.947. The molecule has 1 saturated carbocycles. The van der Waals surface area contributed by atoms with E-state index in [0.717, 1.165) is 17.4 Å². The van der Waals surface area contributed by atoms with E-state index in [2.05, 4.69) is 13.8 Å². The molecule has 0 amide bonds. The van der Waals surface area contributed by atoms with Gasteiger partial charge < -0.3 is 0 Å². The summed E-state index contributed by atoms with van der Waals surface area (Å²) in [6.45, 7) is 4.78. The van der Waals surface area contributed by atoms with Gasteiger partial charge in [-0.2, -0.15) is 0 Å². The Labute approximate surface area is 67.8 Å². The van der Waals surface area contributed by atoms with Gasteiger partial charge in [-0.1, -0.05) is 45.1 Å². The maximum absolute atomic E-state index is 2.39. The van der Waals surface area contributed by atoms with Crippen molar-refractivity contribution in [1.29, 1.82) is 0 Å². The summed E-state index contributed by atoms with van der Waals surface area (Å²) < 4.78 is 0. The smallest absolute Gasteiger partial charge is 0.00709 e. The van der Waals surface area contributed by atoms with Gasteiger partial charge in [0.15, 0.2) is 0 Å². The third-order valence-electron chi connectivity index (χ3n) is 3.03. The molecule has 0 spiro atoms. The molecular weight excluding hydrogens is 136 g/mol. The molecule has 0 aliphatic heterocycles. The van der Waals surface area contributed by atoms with Gasteiger partial charge >= 0.3 is 0 Å². The van der Waals surface area contributed by atoms with Crippen molar-refractivity contribution in [1.82, 2.24) is 0 Å². The molecule has 2 atom stereocenters. The van der Waals surface area contributed by atoms with Crippen molar-refractivity contribution >= 4 is 10.2 Å². The minimum absolute atomic E-state index is 0.947. The van der Waals surface area contributed by atoms with Gasteiger partial charge in [-0.05, 0) is 11.8 Å². The fourth-order valence-electron chi connectivity index (χ4n) is 2.34. The lowest BCUT2D eigenvalue weighted by atomic mass is 9.81. The van der Waals surface area contributed by atoms with Gasteiger partial charge in [-0.25, -0.2) is 0 Å². The van der Waals surface area contributed by atoms with Crippen LogP contribution in [0.2, 0.25) is 5.54 Å². The maximum Gasteiger partial charge on any atom is 0.00709 e. The van der Waals surface area contributed by atoms with Crippen molar-refractivity contribution < 1.29 is 0 Å². The van der Waals surface area contributed by atoms with E-state index in [1.807, 2.05) is 0 Å². The van der Waals surface area contributed by atoms with Crippen LogP contribution in [0, 0.1) is 11.8 Å². The fraction of sp³-hybridized carbons (Fsp3) is 1.00. The maximum atomic E-state index is 2.39. The van der Waals surface area contributed by atoms with Gasteiger partial charge in [0.2, 0.25) is 0 Å². The van der Waals surface area contributed by atoms with Crippen molar-refractivity contribution in [2.45, 2.75) is 45.1 Å². The van der Waals surface area contributed by atoms with Crippen LogP contribution in [0.15, 0.2) is 0 Å². The van der Waals surface area contributed by atoms with E-state index in [0.29, 0.717) is 0 Å². The first-order chi connectivity index (χ1) is 4.72. The van der Waals surface area contributed by atoms with Crippen molar-refractivity contribution in [3.8, 4) is 0 Å². The third kappa shape index (κ3) is 1.85. The number of rotatable bonds is 1. The molecule has 0 nitrogen and oxygen atoms in total. The molecule has 1 fully saturated rings. The van der Waals surface area contributed by atoms with Gasteiger partial charge in [0, 0.05) is 10.2 Å². The van der Waals surface area contributed by atoms with Gasteiger partial charge in [-0.3, -0.25) is 0 Å². The summed E-state index contributed by atoms with van der Waals surface area (Å²) in [5, 5.41) is 0. The van der Waals surface area contributed by atoms with E-state index in [9.17, 15) is 0 Å². The van der Waals surface area contributed by atoms with Crippen LogP contribution >= 0.6 is 0 Å². The van der Waals surface area contributed by atoms with Gasteiger partial charge in [0.25, 0.3) is 0 Å². The normalized spacial score (nSPS) is 35.1. The van der Waals surface area contributed by atoms with Crippen LogP contribution in [0.3, 0.4) is 0 Å². The summed E-state index contributed by atoms with van der Waals surface area (Å²) in [7, 11) is 1.43. The van der Waals surface area contributed by atoms with Crippen molar-refractivity contribution in [2.75, 3.05) is 0 Å². The number of hydrogen-bond donors (Lipinski definition) is 0. The van der Waals surface area contributed by atoms with Gasteiger partial charge in [-0.15, -0.1) is 0 Å². The highest BCUT2D eigenvalue weighted by molar-refractivity contribution is 6.11. The second-order valence-corrected chi connectivity index (χ2v) is 5.65. The monoisotopic (exact) mass is 156 g/mol. The van der Waals surface area contributed by atoms with E-state index >= 15 is 0 Å². The second-order valence-electron chi connectivity index (χ2n) is 4.17. The summed E-state index contributed by atoms with van der Waals surface area (Å²) >= 11 is 0. The quantitative estimate of drug-likeness (QED) is 0.509. The Morgan fingerprint density at radius 2 is 1.80 bits per heavy atom. The zero-order chi connectivity index (χ0) is 7.56. The summed E-state index contributed by atoms with van der Waals surface area (Å²) in [4.78, 5) is 0. The largest absolute Gasteiger partial charge is 0.0625 e. The first-order valence-corrected chi connectivity index (χ1v) is 5.87. The Morgan fingerprint density at radius 3 is 2.20 bits per heavy atom. The molecule has 1 heteroatoms. The molecule has 2 unspecified atom stereocenters. The molecule has 0 N–H and O–H groups in total. The first kappa shape index (κ1) is 8.31. The fourth-order valence-corrected chi connectivity index (χ4v) is 3.85. The van der Waals surface area contributed by atoms with Gasteiger partial charge in [0.1, 0.15) is 0 Å². The lowest BCUT2D eigenvalue weighted by Gasteiger charge is -2.31. The van der Waals surface area contributed by atoms with E-state index in [4.69, 9.17) is 0 Å². The molecule has 0 aromatic heterocycles. The average molecular weight is 156 g/mol. The van der Waals surface area contributed by atoms with Crippen LogP contribution < -0.4 is 0 Å². The topological polar surface area (TPSA) is 0 Å². The molecule has 10 heavy (non-hydrogen) atoms. The molecule has 0 bridgehead atoms. The predicted molar refractivity (Wildman–Crippen MR) is 50.5 cm³/mol. The summed E-state index contributed by atoms with van der Waals surface area (Å²) in [5.41, 5.74) is 1.13. The molecule has 0 radical (unpaired) electrons. The van der Waals surface area contributed by atoms with Crippen molar-refractivity contribution in [3.63, 3.8) is 0 Å². The highest BCUT2D eigenvalue weighted by Crippen LogP contribution is 2.36. The highest BCUT2D eigenvalue weighted by Gasteiger charge is 2.23. The van der Waals surface area contributed by atoms with Crippen LogP contribution in [0.25, 0.3) is 0 Å². The Hall–Kier alpha value is 0.217. The molecular formula is C9H20Si. The molecule has 1 aliphatic rings. The summed E-state index contributed by atoms with van der Waals surface area (Å²) in [6.07, 6.45) is 6.07. The lowest BCUT2D eigenvalue weighted by Crippen LogP contribution is -2.19. The Balaban J connectivity index is 2.40. The van der Waals surface area contributed by atoms with E-state index in [-0.39, 0.29) is 0 Å². The molecule has 0 heterocycles. The van der Waals surface area contributed by atoms with Gasteiger partial charge in [0.05, 0.1) is 0 Å². The molecule has 0 aromatic rings. The first-order valence-electron chi connectivity index (χ1n) is 4.72. The Morgan fingerprint density at radius 1 is 1.20 bits per heavy atom. The molecule has 0 aromatic carbocycles. The molecule has 1 rings (SSSR count). The zero-order valence-electron chi connectivity index (χ0n) is 7.56. The van der Waals surface area contributed by atoms with Crippen LogP contribution in [0.4, 0.5) is 0 Å². The number of hydrogen-bond acceptors (Lipinski definition) is 0. The SMILES string of the molecule is CC(C)C1CCCCC1[SiH3]. The van der Waals surface area contributed by atoms with Crippen LogP contribution in [0.1, 0.15) is 39.5 Å². The highest BCUT2D eigenvalue weighted by atomic mass is 28.1. The standard InChI is InChI=1S/C9H20Si/c1-7(2)8-5-3-4-6-9(8)10/h7-9H,3-6H2,1-2,10H3. The predicted octanol–water partition coefficient (Wildman–Crippen LogP) is 1.99. The van der Waals surface area contributed by atoms with Crippen molar-refractivity contribution in [3.05, 3.63) is 0 Å². The van der Waals surface area contributed by atoms with E-state index < -0.39 is 0 Å². The van der Waals surface area contributed by atoms with Crippen LogP contribution in [-0.2, 0) is 0 Å².